The zero-order valence-corrected chi connectivity index (χ0v) is 19.9. The minimum Gasteiger partial charge on any atom is -0.371 e. The third-order valence-electron chi connectivity index (χ3n) is 5.03. The second kappa shape index (κ2) is 8.75. The highest BCUT2D eigenvalue weighted by Crippen LogP contribution is 2.31. The molecule has 2 saturated heterocycles. The van der Waals surface area contributed by atoms with E-state index >= 15 is 0 Å². The van der Waals surface area contributed by atoms with Gasteiger partial charge in [-0.1, -0.05) is 32.4 Å². The van der Waals surface area contributed by atoms with Crippen molar-refractivity contribution in [2.75, 3.05) is 29.6 Å². The van der Waals surface area contributed by atoms with E-state index in [2.05, 4.69) is 30.4 Å². The van der Waals surface area contributed by atoms with Gasteiger partial charge in [-0.15, -0.1) is 0 Å². The van der Waals surface area contributed by atoms with Crippen LogP contribution in [0.1, 0.15) is 20.8 Å². The SMILES string of the molecule is Cn1cc(Nc2ncc(Cl)c(NC3COC4C(NS(=O)(=O)CC(C)(C)C)COC34)n2)cn1. The zero-order valence-electron chi connectivity index (χ0n) is 18.4. The minimum absolute atomic E-state index is 0.0266. The van der Waals surface area contributed by atoms with E-state index in [4.69, 9.17) is 21.1 Å². The summed E-state index contributed by atoms with van der Waals surface area (Å²) in [6.45, 7) is 6.22. The number of anilines is 3. The maximum Gasteiger partial charge on any atom is 0.229 e. The number of aromatic nitrogens is 4. The van der Waals surface area contributed by atoms with Gasteiger partial charge < -0.3 is 20.1 Å². The van der Waals surface area contributed by atoms with Crippen molar-refractivity contribution in [1.82, 2.24) is 24.5 Å². The van der Waals surface area contributed by atoms with Crippen LogP contribution in [0.3, 0.4) is 0 Å². The van der Waals surface area contributed by atoms with Crippen LogP contribution in [0.5, 0.6) is 0 Å². The van der Waals surface area contributed by atoms with Gasteiger partial charge in [0.2, 0.25) is 16.0 Å². The van der Waals surface area contributed by atoms with Crippen molar-refractivity contribution in [3.63, 3.8) is 0 Å². The Morgan fingerprint density at radius 1 is 1.19 bits per heavy atom. The standard InChI is InChI=1S/C19H28ClN7O4S/c1-19(2,3)10-32(28,29)26-14-9-31-15-13(8-30-16(14)15)24-17-12(20)6-21-18(25-17)23-11-5-22-27(4)7-11/h5-7,13-16,26H,8-10H2,1-4H3,(H2,21,23,24,25). The molecule has 0 spiro atoms. The summed E-state index contributed by atoms with van der Waals surface area (Å²) in [6, 6.07) is -0.682. The number of halogens is 1. The minimum atomic E-state index is -3.47. The van der Waals surface area contributed by atoms with E-state index in [0.717, 1.165) is 5.69 Å². The summed E-state index contributed by atoms with van der Waals surface area (Å²) >= 11 is 6.30. The van der Waals surface area contributed by atoms with Crippen molar-refractivity contribution in [2.24, 2.45) is 12.5 Å². The van der Waals surface area contributed by atoms with Gasteiger partial charge in [0.15, 0.2) is 5.82 Å². The first-order valence-corrected chi connectivity index (χ1v) is 12.3. The summed E-state index contributed by atoms with van der Waals surface area (Å²) in [7, 11) is -1.65. The van der Waals surface area contributed by atoms with E-state index < -0.39 is 22.2 Å². The number of hydrogen-bond donors (Lipinski definition) is 3. The van der Waals surface area contributed by atoms with Gasteiger partial charge in [-0.2, -0.15) is 10.1 Å². The molecule has 11 nitrogen and oxygen atoms in total. The van der Waals surface area contributed by atoms with Crippen molar-refractivity contribution in [1.29, 1.82) is 0 Å². The molecule has 2 aliphatic rings. The fourth-order valence-electron chi connectivity index (χ4n) is 3.89. The molecule has 3 N–H and O–H groups in total. The van der Waals surface area contributed by atoms with E-state index in [-0.39, 0.29) is 29.9 Å². The lowest BCUT2D eigenvalue weighted by molar-refractivity contribution is 0.0690. The highest BCUT2D eigenvalue weighted by atomic mass is 35.5. The van der Waals surface area contributed by atoms with Crippen molar-refractivity contribution >= 4 is 39.1 Å². The molecule has 4 rings (SSSR count). The molecule has 0 aliphatic carbocycles. The number of aryl methyl sites for hydroxylation is 1. The third kappa shape index (κ3) is 5.49. The van der Waals surface area contributed by atoms with Crippen molar-refractivity contribution in [2.45, 2.75) is 45.1 Å². The Balaban J connectivity index is 1.41. The summed E-state index contributed by atoms with van der Waals surface area (Å²) in [6.07, 6.45) is 4.23. The summed E-state index contributed by atoms with van der Waals surface area (Å²) in [5, 5.41) is 10.8. The van der Waals surface area contributed by atoms with Crippen molar-refractivity contribution in [3.8, 4) is 0 Å². The largest absolute Gasteiger partial charge is 0.371 e. The highest BCUT2D eigenvalue weighted by Gasteiger charge is 2.49. The first kappa shape index (κ1) is 23.2. The smallest absolute Gasteiger partial charge is 0.229 e. The molecule has 4 unspecified atom stereocenters. The summed E-state index contributed by atoms with van der Waals surface area (Å²) in [5.74, 6) is 0.821. The lowest BCUT2D eigenvalue weighted by Crippen LogP contribution is -2.46. The molecular formula is C19H28ClN7O4S. The van der Waals surface area contributed by atoms with E-state index in [0.29, 0.717) is 23.4 Å². The quantitative estimate of drug-likeness (QED) is 0.533. The Morgan fingerprint density at radius 3 is 2.53 bits per heavy atom. The van der Waals surface area contributed by atoms with Crippen LogP contribution in [0.25, 0.3) is 0 Å². The Bertz CT molecular complexity index is 1070. The van der Waals surface area contributed by atoms with Crippen LogP contribution in [0.4, 0.5) is 17.5 Å². The second-order valence-corrected chi connectivity index (χ2v) is 11.5. The Hall–Kier alpha value is -1.99. The van der Waals surface area contributed by atoms with Gasteiger partial charge in [-0.3, -0.25) is 4.68 Å². The molecule has 2 aromatic heterocycles. The van der Waals surface area contributed by atoms with E-state index in [1.165, 1.54) is 6.20 Å². The average molecular weight is 486 g/mol. The topological polar surface area (TPSA) is 132 Å². The molecule has 4 atom stereocenters. The number of hydrogen-bond acceptors (Lipinski definition) is 9. The highest BCUT2D eigenvalue weighted by molar-refractivity contribution is 7.89. The van der Waals surface area contributed by atoms with Gasteiger partial charge >= 0.3 is 0 Å². The Labute approximate surface area is 192 Å². The van der Waals surface area contributed by atoms with E-state index in [9.17, 15) is 8.42 Å². The van der Waals surface area contributed by atoms with Crippen LogP contribution in [0.15, 0.2) is 18.6 Å². The Morgan fingerprint density at radius 2 is 1.88 bits per heavy atom. The van der Waals surface area contributed by atoms with Crippen molar-refractivity contribution < 1.29 is 17.9 Å². The fraction of sp³-hybridized carbons (Fsp3) is 0.632. The van der Waals surface area contributed by atoms with Crippen LogP contribution in [-0.4, -0.2) is 71.4 Å². The van der Waals surface area contributed by atoms with Crippen LogP contribution < -0.4 is 15.4 Å². The van der Waals surface area contributed by atoms with Gasteiger partial charge in [0, 0.05) is 13.2 Å². The molecule has 0 amide bonds. The second-order valence-electron chi connectivity index (χ2n) is 9.31. The molecule has 4 heterocycles. The number of rotatable bonds is 7. The average Bonchev–Trinajstić information content (AvgIpc) is 3.35. The number of ether oxygens (including phenoxy) is 2. The zero-order chi connectivity index (χ0) is 23.1. The van der Waals surface area contributed by atoms with E-state index in [1.807, 2.05) is 27.8 Å². The third-order valence-corrected chi connectivity index (χ3v) is 7.22. The molecule has 2 aromatic rings. The van der Waals surface area contributed by atoms with Crippen LogP contribution in [-0.2, 0) is 26.5 Å². The monoisotopic (exact) mass is 485 g/mol. The lowest BCUT2D eigenvalue weighted by atomic mass is 10.0. The summed E-state index contributed by atoms with van der Waals surface area (Å²) in [5.41, 5.74) is 0.394. The predicted octanol–water partition coefficient (Wildman–Crippen LogP) is 1.52. The van der Waals surface area contributed by atoms with Crippen LogP contribution >= 0.6 is 11.6 Å². The number of nitrogens with zero attached hydrogens (tertiary/aromatic N) is 4. The van der Waals surface area contributed by atoms with Gasteiger partial charge in [-0.05, 0) is 5.41 Å². The normalized spacial score (nSPS) is 25.7. The maximum atomic E-state index is 12.5. The molecule has 13 heteroatoms. The van der Waals surface area contributed by atoms with Gasteiger partial charge in [0.1, 0.15) is 17.2 Å². The molecule has 0 aromatic carbocycles. The summed E-state index contributed by atoms with van der Waals surface area (Å²) in [4.78, 5) is 8.64. The molecular weight excluding hydrogens is 458 g/mol. The van der Waals surface area contributed by atoms with Crippen molar-refractivity contribution in [3.05, 3.63) is 23.6 Å². The molecule has 0 bridgehead atoms. The number of nitrogens with one attached hydrogen (secondary N) is 3. The predicted molar refractivity (Wildman–Crippen MR) is 121 cm³/mol. The Kier molecular flexibility index (Phi) is 6.34. The number of fused-ring (bicyclic) bond motifs is 1. The molecule has 32 heavy (non-hydrogen) atoms. The van der Waals surface area contributed by atoms with E-state index in [1.54, 1.807) is 17.1 Å². The van der Waals surface area contributed by atoms with Gasteiger partial charge in [0.25, 0.3) is 0 Å². The summed E-state index contributed by atoms with van der Waals surface area (Å²) < 4.78 is 41.2. The molecule has 2 aliphatic heterocycles. The van der Waals surface area contributed by atoms with Gasteiger partial charge in [-0.25, -0.2) is 18.1 Å². The lowest BCUT2D eigenvalue weighted by Gasteiger charge is -2.22. The maximum absolute atomic E-state index is 12.5. The van der Waals surface area contributed by atoms with Crippen LogP contribution in [0, 0.1) is 5.41 Å². The van der Waals surface area contributed by atoms with Gasteiger partial charge in [0.05, 0.1) is 49.1 Å². The first-order chi connectivity index (χ1) is 15.0. The molecule has 2 fully saturated rings. The molecule has 176 valence electrons. The molecule has 0 saturated carbocycles. The fourth-order valence-corrected chi connectivity index (χ4v) is 5.92. The first-order valence-electron chi connectivity index (χ1n) is 10.3. The molecule has 0 radical (unpaired) electrons. The van der Waals surface area contributed by atoms with Crippen LogP contribution in [0.2, 0.25) is 5.02 Å². The number of sulfonamides is 1.